The molecule has 2 aromatic carbocycles. The summed E-state index contributed by atoms with van der Waals surface area (Å²) < 4.78 is 3.53. The van der Waals surface area contributed by atoms with Gasteiger partial charge < -0.3 is 9.88 Å². The van der Waals surface area contributed by atoms with Gasteiger partial charge >= 0.3 is 5.69 Å². The van der Waals surface area contributed by atoms with Gasteiger partial charge in [-0.05, 0) is 48.1 Å². The number of benzene rings is 2. The number of H-pyrrole nitrogens is 1. The molecule has 40 heavy (non-hydrogen) atoms. The molecule has 1 N–H and O–H groups in total. The molecule has 1 amide bonds. The van der Waals surface area contributed by atoms with Crippen LogP contribution in [0.2, 0.25) is 0 Å². The van der Waals surface area contributed by atoms with Gasteiger partial charge in [-0.3, -0.25) is 9.36 Å². The Balaban J connectivity index is 1.24. The number of nitrogens with zero attached hydrogens (tertiary/aromatic N) is 6. The van der Waals surface area contributed by atoms with E-state index in [9.17, 15) is 9.59 Å². The van der Waals surface area contributed by atoms with Crippen molar-refractivity contribution >= 4 is 17.1 Å². The van der Waals surface area contributed by atoms with E-state index in [1.54, 1.807) is 17.7 Å². The molecule has 6 rings (SSSR count). The van der Waals surface area contributed by atoms with Crippen LogP contribution in [-0.2, 0) is 11.3 Å². The molecule has 204 valence electrons. The third-order valence-corrected chi connectivity index (χ3v) is 7.77. The zero-order chi connectivity index (χ0) is 27.8. The maximum Gasteiger partial charge on any atom is 0.328 e. The van der Waals surface area contributed by atoms with Crippen LogP contribution in [0.15, 0.2) is 71.8 Å². The number of aromatic amines is 1. The molecule has 5 aromatic rings. The average molecular weight is 536 g/mol. The monoisotopic (exact) mass is 535 g/mol. The number of hydrogen-bond acceptors (Lipinski definition) is 5. The first-order chi connectivity index (χ1) is 19.4. The van der Waals surface area contributed by atoms with Crippen molar-refractivity contribution in [1.29, 1.82) is 0 Å². The van der Waals surface area contributed by atoms with Crippen molar-refractivity contribution in [3.8, 4) is 17.1 Å². The van der Waals surface area contributed by atoms with Gasteiger partial charge in [0.2, 0.25) is 5.91 Å². The van der Waals surface area contributed by atoms with E-state index in [1.807, 2.05) is 64.3 Å². The molecule has 0 aliphatic carbocycles. The van der Waals surface area contributed by atoms with Crippen LogP contribution in [0, 0.1) is 0 Å². The number of imidazole rings is 1. The zero-order valence-corrected chi connectivity index (χ0v) is 23.0. The first-order valence-corrected chi connectivity index (χ1v) is 13.8. The second kappa shape index (κ2) is 10.6. The molecule has 0 bridgehead atoms. The number of carbonyl (C=O) groups excluding carboxylic acids is 1. The summed E-state index contributed by atoms with van der Waals surface area (Å²) in [5.41, 5.74) is 6.06. The number of nitrogens with one attached hydrogen (secondary N) is 1. The van der Waals surface area contributed by atoms with Crippen molar-refractivity contribution in [2.75, 3.05) is 13.1 Å². The lowest BCUT2D eigenvalue weighted by Gasteiger charge is -2.31. The fourth-order valence-electron chi connectivity index (χ4n) is 5.57. The van der Waals surface area contributed by atoms with Gasteiger partial charge in [0.1, 0.15) is 5.52 Å². The standard InChI is InChI=1S/C31H33N7O2/c1-20(2)25-8-4-5-9-26(25)29-32-17-28-30(34-29)37(31(40)33-28)18-22-10-12-24(13-11-22)38-16-14-27(35-38)23-7-6-15-36(19-23)21(3)39/h4-5,8-14,16-17,20,23H,6-7,15,18-19H2,1-3H3,(H,33,40). The van der Waals surface area contributed by atoms with Crippen LogP contribution in [0.1, 0.15) is 62.3 Å². The number of rotatable bonds is 6. The Morgan fingerprint density at radius 2 is 1.90 bits per heavy atom. The Hall–Kier alpha value is -4.53. The lowest BCUT2D eigenvalue weighted by molar-refractivity contribution is -0.130. The summed E-state index contributed by atoms with van der Waals surface area (Å²) in [5, 5.41) is 4.82. The van der Waals surface area contributed by atoms with Crippen LogP contribution >= 0.6 is 0 Å². The second-order valence-electron chi connectivity index (χ2n) is 10.8. The van der Waals surface area contributed by atoms with E-state index < -0.39 is 0 Å². The van der Waals surface area contributed by atoms with Crippen LogP contribution in [0.4, 0.5) is 0 Å². The van der Waals surface area contributed by atoms with Crippen LogP contribution in [0.25, 0.3) is 28.2 Å². The van der Waals surface area contributed by atoms with Crippen molar-refractivity contribution in [2.45, 2.75) is 52.0 Å². The lowest BCUT2D eigenvalue weighted by atomic mass is 9.95. The summed E-state index contributed by atoms with van der Waals surface area (Å²) in [7, 11) is 0. The van der Waals surface area contributed by atoms with Crippen molar-refractivity contribution in [2.24, 2.45) is 0 Å². The van der Waals surface area contributed by atoms with Gasteiger partial charge in [0.05, 0.1) is 24.1 Å². The first kappa shape index (κ1) is 25.7. The van der Waals surface area contributed by atoms with Crippen LogP contribution in [0.5, 0.6) is 0 Å². The molecule has 1 atom stereocenters. The quantitative estimate of drug-likeness (QED) is 0.334. The molecule has 1 aliphatic heterocycles. The van der Waals surface area contributed by atoms with E-state index in [4.69, 9.17) is 10.1 Å². The van der Waals surface area contributed by atoms with E-state index in [2.05, 4.69) is 29.9 Å². The third kappa shape index (κ3) is 4.95. The second-order valence-corrected chi connectivity index (χ2v) is 10.8. The molecule has 1 unspecified atom stereocenters. The largest absolute Gasteiger partial charge is 0.342 e. The van der Waals surface area contributed by atoms with Gasteiger partial charge in [-0.1, -0.05) is 50.2 Å². The SMILES string of the molecule is CC(=O)N1CCCC(c2ccn(-c3ccc(Cn4c(=O)[nH]c5cnc(-c6ccccc6C(C)C)nc54)cc3)n2)C1. The van der Waals surface area contributed by atoms with Crippen LogP contribution < -0.4 is 5.69 Å². The summed E-state index contributed by atoms with van der Waals surface area (Å²) in [6.45, 7) is 7.86. The fraction of sp³-hybridized carbons (Fsp3) is 0.323. The van der Waals surface area contributed by atoms with Crippen LogP contribution in [0.3, 0.4) is 0 Å². The highest BCUT2D eigenvalue weighted by atomic mass is 16.2. The summed E-state index contributed by atoms with van der Waals surface area (Å²) in [6, 6.07) is 18.2. The van der Waals surface area contributed by atoms with Gasteiger partial charge in [-0.2, -0.15) is 5.10 Å². The lowest BCUT2D eigenvalue weighted by Crippen LogP contribution is -2.37. The van der Waals surface area contributed by atoms with Gasteiger partial charge in [0.15, 0.2) is 11.5 Å². The minimum Gasteiger partial charge on any atom is -0.342 e. The number of piperidine rings is 1. The Bertz CT molecular complexity index is 1730. The first-order valence-electron chi connectivity index (χ1n) is 13.8. The molecule has 9 nitrogen and oxygen atoms in total. The van der Waals surface area contributed by atoms with Crippen molar-refractivity contribution in [3.05, 3.63) is 94.3 Å². The molecule has 1 aliphatic rings. The zero-order valence-electron chi connectivity index (χ0n) is 23.0. The van der Waals surface area contributed by atoms with Crippen molar-refractivity contribution in [3.63, 3.8) is 0 Å². The summed E-state index contributed by atoms with van der Waals surface area (Å²) in [5.74, 6) is 1.31. The molecule has 1 saturated heterocycles. The predicted octanol–water partition coefficient (Wildman–Crippen LogP) is 4.87. The number of aromatic nitrogens is 6. The summed E-state index contributed by atoms with van der Waals surface area (Å²) in [6.07, 6.45) is 5.69. The van der Waals surface area contributed by atoms with Crippen molar-refractivity contribution < 1.29 is 4.79 Å². The smallest absolute Gasteiger partial charge is 0.328 e. The molecular formula is C31H33N7O2. The molecule has 0 spiro atoms. The van der Waals surface area contributed by atoms with E-state index in [-0.39, 0.29) is 17.5 Å². The fourth-order valence-corrected chi connectivity index (χ4v) is 5.57. The van der Waals surface area contributed by atoms with Gasteiger partial charge in [0.25, 0.3) is 0 Å². The summed E-state index contributed by atoms with van der Waals surface area (Å²) >= 11 is 0. The van der Waals surface area contributed by atoms with Crippen LogP contribution in [-0.4, -0.2) is 53.2 Å². The molecular weight excluding hydrogens is 502 g/mol. The van der Waals surface area contributed by atoms with Crippen molar-refractivity contribution in [1.82, 2.24) is 34.2 Å². The summed E-state index contributed by atoms with van der Waals surface area (Å²) in [4.78, 5) is 38.9. The maximum atomic E-state index is 12.9. The van der Waals surface area contributed by atoms with E-state index in [1.165, 1.54) is 5.56 Å². The Morgan fingerprint density at radius 3 is 2.67 bits per heavy atom. The Kier molecular flexibility index (Phi) is 6.79. The number of fused-ring (bicyclic) bond motifs is 1. The number of carbonyl (C=O) groups is 1. The molecule has 9 heteroatoms. The topological polar surface area (TPSA) is 102 Å². The van der Waals surface area contributed by atoms with E-state index >= 15 is 0 Å². The number of hydrogen-bond donors (Lipinski definition) is 1. The highest BCUT2D eigenvalue weighted by Gasteiger charge is 2.24. The minimum atomic E-state index is -0.216. The number of amides is 1. The van der Waals surface area contributed by atoms with E-state index in [0.717, 1.165) is 48.4 Å². The normalized spacial score (nSPS) is 15.7. The molecule has 3 aromatic heterocycles. The highest BCUT2D eigenvalue weighted by molar-refractivity contribution is 5.74. The number of likely N-dealkylation sites (tertiary alicyclic amines) is 1. The average Bonchev–Trinajstić information content (AvgIpc) is 3.58. The third-order valence-electron chi connectivity index (χ3n) is 7.77. The molecule has 4 heterocycles. The highest BCUT2D eigenvalue weighted by Crippen LogP contribution is 2.28. The van der Waals surface area contributed by atoms with Gasteiger partial charge in [-0.15, -0.1) is 0 Å². The van der Waals surface area contributed by atoms with Gasteiger partial charge in [0, 0.05) is 37.7 Å². The Labute approximate surface area is 232 Å². The minimum absolute atomic E-state index is 0.122. The maximum absolute atomic E-state index is 12.9. The van der Waals surface area contributed by atoms with E-state index in [0.29, 0.717) is 29.5 Å². The predicted molar refractivity (Wildman–Crippen MR) is 155 cm³/mol. The Morgan fingerprint density at radius 1 is 1.10 bits per heavy atom. The molecule has 0 radical (unpaired) electrons. The molecule has 0 saturated carbocycles. The van der Waals surface area contributed by atoms with Gasteiger partial charge in [-0.25, -0.2) is 19.4 Å². The molecule has 1 fully saturated rings.